The molecule has 0 aliphatic carbocycles. The molecular weight excluding hydrogens is 163 g/mol. The van der Waals surface area contributed by atoms with E-state index in [1.807, 2.05) is 26.0 Å². The van der Waals surface area contributed by atoms with Crippen molar-refractivity contribution in [3.05, 3.63) is 34.6 Å². The van der Waals surface area contributed by atoms with Crippen molar-refractivity contribution >= 4 is 24.5 Å². The van der Waals surface area contributed by atoms with Gasteiger partial charge in [0.2, 0.25) is 0 Å². The minimum absolute atomic E-state index is 0.0168. The van der Waals surface area contributed by atoms with Gasteiger partial charge in [-0.15, -0.1) is 0 Å². The zero-order chi connectivity index (χ0) is 9.42. The number of para-hydroxylation sites is 1. The maximum absolute atomic E-state index is 11.7. The molecule has 0 radical (unpaired) electrons. The summed E-state index contributed by atoms with van der Waals surface area (Å²) in [6, 6.07) is 7.38. The van der Waals surface area contributed by atoms with Gasteiger partial charge in [0.1, 0.15) is 0 Å². The van der Waals surface area contributed by atoms with E-state index >= 15 is 0 Å². The molecule has 0 N–H and O–H groups in total. The summed E-state index contributed by atoms with van der Waals surface area (Å²) in [6.45, 7) is 0. The summed E-state index contributed by atoms with van der Waals surface area (Å²) in [5.74, 6) is 0. The highest BCUT2D eigenvalue weighted by atomic mass is 16.1. The van der Waals surface area contributed by atoms with Crippen LogP contribution in [0.4, 0.5) is 0 Å². The number of aromatic nitrogens is 2. The molecule has 0 atom stereocenters. The zero-order valence-electron chi connectivity index (χ0n) is 7.61. The Bertz CT molecular complexity index is 518. The summed E-state index contributed by atoms with van der Waals surface area (Å²) in [7, 11) is 3.56. The number of rotatable bonds is 0. The van der Waals surface area contributed by atoms with E-state index in [-0.39, 0.29) is 5.56 Å². The molecule has 0 unspecified atom stereocenters. The first-order chi connectivity index (χ1) is 6.20. The van der Waals surface area contributed by atoms with Crippen molar-refractivity contribution in [2.24, 2.45) is 7.05 Å². The summed E-state index contributed by atoms with van der Waals surface area (Å²) >= 11 is 0. The van der Waals surface area contributed by atoms with Gasteiger partial charge in [0.25, 0.3) is 5.56 Å². The van der Waals surface area contributed by atoms with Gasteiger partial charge < -0.3 is 4.57 Å². The minimum atomic E-state index is 0.0168. The van der Waals surface area contributed by atoms with E-state index in [2.05, 4.69) is 4.98 Å². The van der Waals surface area contributed by atoms with Gasteiger partial charge >= 0.3 is 0 Å². The molecule has 0 spiro atoms. The highest BCUT2D eigenvalue weighted by Crippen LogP contribution is 2.02. The van der Waals surface area contributed by atoms with Crippen molar-refractivity contribution in [1.82, 2.24) is 9.55 Å². The van der Waals surface area contributed by atoms with Gasteiger partial charge in [0.05, 0.1) is 16.6 Å². The van der Waals surface area contributed by atoms with E-state index in [4.69, 9.17) is 0 Å². The first-order valence-electron chi connectivity index (χ1n) is 4.12. The lowest BCUT2D eigenvalue weighted by atomic mass is 10.1. The standard InChI is InChI=1S/C9H9BN2O/c1-12-8(13)6-4-2-3-5-7(6)11-9(12)10/h2-5H,10H2,1H3. The van der Waals surface area contributed by atoms with Crippen molar-refractivity contribution < 1.29 is 0 Å². The van der Waals surface area contributed by atoms with Gasteiger partial charge in [-0.1, -0.05) is 12.1 Å². The third kappa shape index (κ3) is 1.14. The topological polar surface area (TPSA) is 34.9 Å². The second kappa shape index (κ2) is 2.73. The Morgan fingerprint density at radius 1 is 1.38 bits per heavy atom. The summed E-state index contributed by atoms with van der Waals surface area (Å²) in [5.41, 5.74) is 1.52. The Hall–Kier alpha value is -1.58. The van der Waals surface area contributed by atoms with Crippen LogP contribution in [0.2, 0.25) is 0 Å². The highest BCUT2D eigenvalue weighted by Gasteiger charge is 2.02. The molecule has 1 aromatic carbocycles. The first kappa shape index (κ1) is 8.04. The van der Waals surface area contributed by atoms with Crippen LogP contribution in [0.1, 0.15) is 0 Å². The van der Waals surface area contributed by atoms with Crippen LogP contribution in [0.3, 0.4) is 0 Å². The molecule has 1 heterocycles. The monoisotopic (exact) mass is 172 g/mol. The van der Waals surface area contributed by atoms with Gasteiger partial charge in [0, 0.05) is 7.05 Å². The van der Waals surface area contributed by atoms with E-state index in [1.54, 1.807) is 17.7 Å². The van der Waals surface area contributed by atoms with Crippen molar-refractivity contribution in [3.63, 3.8) is 0 Å². The van der Waals surface area contributed by atoms with Crippen LogP contribution in [-0.4, -0.2) is 17.4 Å². The van der Waals surface area contributed by atoms with Gasteiger partial charge in [0.15, 0.2) is 7.85 Å². The van der Waals surface area contributed by atoms with E-state index in [0.717, 1.165) is 11.2 Å². The lowest BCUT2D eigenvalue weighted by molar-refractivity contribution is 0.881. The van der Waals surface area contributed by atoms with Gasteiger partial charge in [-0.2, -0.15) is 0 Å². The maximum atomic E-state index is 11.7. The van der Waals surface area contributed by atoms with Crippen molar-refractivity contribution in [3.8, 4) is 0 Å². The van der Waals surface area contributed by atoms with Gasteiger partial charge in [-0.05, 0) is 12.1 Å². The molecule has 0 bridgehead atoms. The van der Waals surface area contributed by atoms with Gasteiger partial charge in [-0.25, -0.2) is 4.98 Å². The van der Waals surface area contributed by atoms with Crippen LogP contribution >= 0.6 is 0 Å². The van der Waals surface area contributed by atoms with Crippen molar-refractivity contribution in [1.29, 1.82) is 0 Å². The summed E-state index contributed by atoms with van der Waals surface area (Å²) in [6.07, 6.45) is 0. The molecule has 0 saturated carbocycles. The van der Waals surface area contributed by atoms with E-state index in [0.29, 0.717) is 5.39 Å². The predicted octanol–water partition coefficient (Wildman–Crippen LogP) is -0.808. The van der Waals surface area contributed by atoms with Crippen molar-refractivity contribution in [2.75, 3.05) is 0 Å². The molecular formula is C9H9BN2O. The fourth-order valence-corrected chi connectivity index (χ4v) is 1.33. The number of benzene rings is 1. The summed E-state index contributed by atoms with van der Waals surface area (Å²) < 4.78 is 1.56. The number of nitrogens with zero attached hydrogens (tertiary/aromatic N) is 2. The molecule has 1 aromatic heterocycles. The summed E-state index contributed by atoms with van der Waals surface area (Å²) in [5, 5.41) is 0.676. The lowest BCUT2D eigenvalue weighted by Gasteiger charge is -2.04. The molecule has 13 heavy (non-hydrogen) atoms. The molecule has 0 fully saturated rings. The third-order valence-corrected chi connectivity index (χ3v) is 2.21. The zero-order valence-corrected chi connectivity index (χ0v) is 7.61. The smallest absolute Gasteiger partial charge is 0.260 e. The fourth-order valence-electron chi connectivity index (χ4n) is 1.33. The Labute approximate surface area is 76.4 Å². The Balaban J connectivity index is 3.03. The second-order valence-corrected chi connectivity index (χ2v) is 3.04. The maximum Gasteiger partial charge on any atom is 0.260 e. The van der Waals surface area contributed by atoms with Crippen LogP contribution in [0.25, 0.3) is 10.9 Å². The third-order valence-electron chi connectivity index (χ3n) is 2.21. The normalized spacial score (nSPS) is 10.5. The largest absolute Gasteiger partial charge is 0.308 e. The molecule has 4 heteroatoms. The Morgan fingerprint density at radius 2 is 2.08 bits per heavy atom. The number of fused-ring (bicyclic) bond motifs is 1. The van der Waals surface area contributed by atoms with Crippen LogP contribution in [0.5, 0.6) is 0 Å². The molecule has 64 valence electrons. The Morgan fingerprint density at radius 3 is 2.85 bits per heavy atom. The fraction of sp³-hybridized carbons (Fsp3) is 0.111. The molecule has 0 aliphatic heterocycles. The molecule has 3 nitrogen and oxygen atoms in total. The molecule has 0 saturated heterocycles. The average Bonchev–Trinajstić information content (AvgIpc) is 2.15. The van der Waals surface area contributed by atoms with E-state index in [1.165, 1.54) is 0 Å². The van der Waals surface area contributed by atoms with Crippen LogP contribution in [-0.2, 0) is 7.05 Å². The molecule has 2 aromatic rings. The lowest BCUT2D eigenvalue weighted by Crippen LogP contribution is -2.33. The average molecular weight is 172 g/mol. The van der Waals surface area contributed by atoms with Gasteiger partial charge in [-0.3, -0.25) is 4.79 Å². The molecule has 0 aliphatic rings. The minimum Gasteiger partial charge on any atom is -0.308 e. The van der Waals surface area contributed by atoms with E-state index in [9.17, 15) is 4.79 Å². The second-order valence-electron chi connectivity index (χ2n) is 3.04. The summed E-state index contributed by atoms with van der Waals surface area (Å²) in [4.78, 5) is 16.0. The van der Waals surface area contributed by atoms with Crippen LogP contribution in [0.15, 0.2) is 29.1 Å². The predicted molar refractivity (Wildman–Crippen MR) is 55.2 cm³/mol. The highest BCUT2D eigenvalue weighted by molar-refractivity contribution is 6.29. The van der Waals surface area contributed by atoms with E-state index < -0.39 is 0 Å². The number of hydrogen-bond donors (Lipinski definition) is 0. The Kier molecular flexibility index (Phi) is 1.69. The quantitative estimate of drug-likeness (QED) is 0.487. The SMILES string of the molecule is Bc1nc2ccccc2c(=O)n1C. The number of hydrogen-bond acceptors (Lipinski definition) is 2. The first-order valence-corrected chi connectivity index (χ1v) is 4.12. The van der Waals surface area contributed by atoms with Crippen LogP contribution < -0.4 is 11.3 Å². The molecule has 0 amide bonds. The van der Waals surface area contributed by atoms with Crippen molar-refractivity contribution in [2.45, 2.75) is 0 Å². The molecule has 2 rings (SSSR count). The van der Waals surface area contributed by atoms with Crippen LogP contribution in [0, 0.1) is 0 Å².